The second-order valence-corrected chi connectivity index (χ2v) is 7.67. The minimum Gasteiger partial charge on any atom is -0.375 e. The highest BCUT2D eigenvalue weighted by Gasteiger charge is 2.55. The van der Waals surface area contributed by atoms with Crippen LogP contribution in [0.1, 0.15) is 51.5 Å². The van der Waals surface area contributed by atoms with E-state index in [1.54, 1.807) is 18.7 Å². The Morgan fingerprint density at radius 1 is 1.08 bits per heavy atom. The van der Waals surface area contributed by atoms with Crippen molar-refractivity contribution in [2.45, 2.75) is 63.6 Å². The van der Waals surface area contributed by atoms with Gasteiger partial charge in [-0.25, -0.2) is 0 Å². The Morgan fingerprint density at radius 3 is 2.44 bits per heavy atom. The number of nitrogens with one attached hydrogen (secondary N) is 1. The zero-order valence-electron chi connectivity index (χ0n) is 15.2. The van der Waals surface area contributed by atoms with Crippen LogP contribution in [0, 0.1) is 0 Å². The number of carbonyl (C=O) groups is 2. The molecule has 1 aliphatic heterocycles. The van der Waals surface area contributed by atoms with E-state index in [4.69, 9.17) is 4.74 Å². The van der Waals surface area contributed by atoms with Crippen LogP contribution in [-0.4, -0.2) is 40.9 Å². The molecular formula is C20H28N2O3. The van der Waals surface area contributed by atoms with E-state index < -0.39 is 11.1 Å². The molecule has 2 fully saturated rings. The monoisotopic (exact) mass is 344 g/mol. The minimum atomic E-state index is -0.848. The number of piperazine rings is 1. The van der Waals surface area contributed by atoms with Crippen molar-refractivity contribution < 1.29 is 14.3 Å². The van der Waals surface area contributed by atoms with Gasteiger partial charge in [0.05, 0.1) is 13.2 Å². The molecular weight excluding hydrogens is 316 g/mol. The van der Waals surface area contributed by atoms with Gasteiger partial charge in [-0.2, -0.15) is 0 Å². The highest BCUT2D eigenvalue weighted by Crippen LogP contribution is 2.38. The summed E-state index contributed by atoms with van der Waals surface area (Å²) in [6, 6.07) is 9.98. The average molecular weight is 344 g/mol. The van der Waals surface area contributed by atoms with Crippen LogP contribution in [0.3, 0.4) is 0 Å². The fourth-order valence-electron chi connectivity index (χ4n) is 3.98. The maximum absolute atomic E-state index is 13.0. The van der Waals surface area contributed by atoms with Gasteiger partial charge in [0, 0.05) is 6.54 Å². The summed E-state index contributed by atoms with van der Waals surface area (Å²) in [5.74, 6) is -0.00262. The topological polar surface area (TPSA) is 58.6 Å². The molecule has 1 spiro atoms. The Bertz CT molecular complexity index is 621. The Hall–Kier alpha value is -1.88. The summed E-state index contributed by atoms with van der Waals surface area (Å²) in [7, 11) is 0. The quantitative estimate of drug-likeness (QED) is 0.836. The summed E-state index contributed by atoms with van der Waals surface area (Å²) < 4.78 is 5.78. The van der Waals surface area contributed by atoms with Crippen molar-refractivity contribution in [1.29, 1.82) is 0 Å². The number of benzene rings is 1. The van der Waals surface area contributed by atoms with Gasteiger partial charge in [0.25, 0.3) is 0 Å². The maximum atomic E-state index is 13.0. The van der Waals surface area contributed by atoms with Gasteiger partial charge in [-0.15, -0.1) is 0 Å². The highest BCUT2D eigenvalue weighted by molar-refractivity contribution is 6.01. The molecule has 1 aromatic carbocycles. The normalized spacial score (nSPS) is 22.1. The summed E-state index contributed by atoms with van der Waals surface area (Å²) in [6.45, 7) is 4.97. The molecule has 2 amide bonds. The third kappa shape index (κ3) is 3.56. The van der Waals surface area contributed by atoms with E-state index in [0.29, 0.717) is 19.8 Å². The van der Waals surface area contributed by atoms with Crippen LogP contribution in [0.2, 0.25) is 0 Å². The van der Waals surface area contributed by atoms with Crippen LogP contribution in [0.25, 0.3) is 0 Å². The van der Waals surface area contributed by atoms with Gasteiger partial charge >= 0.3 is 0 Å². The largest absolute Gasteiger partial charge is 0.375 e. The molecule has 0 radical (unpaired) electrons. The SMILES string of the molecule is CC1(C)NC(=O)C2(CCCCC2)N(CCOCc2ccccc2)C1=O. The second kappa shape index (κ2) is 7.16. The van der Waals surface area contributed by atoms with E-state index in [9.17, 15) is 9.59 Å². The Morgan fingerprint density at radius 2 is 1.76 bits per heavy atom. The van der Waals surface area contributed by atoms with Gasteiger partial charge in [0.1, 0.15) is 11.1 Å². The number of hydrogen-bond acceptors (Lipinski definition) is 3. The van der Waals surface area contributed by atoms with Crippen molar-refractivity contribution in [3.8, 4) is 0 Å². The van der Waals surface area contributed by atoms with Crippen molar-refractivity contribution in [2.24, 2.45) is 0 Å². The summed E-state index contributed by atoms with van der Waals surface area (Å²) >= 11 is 0. The molecule has 1 saturated heterocycles. The number of nitrogens with zero attached hydrogens (tertiary/aromatic N) is 1. The zero-order valence-corrected chi connectivity index (χ0v) is 15.2. The van der Waals surface area contributed by atoms with Crippen molar-refractivity contribution in [2.75, 3.05) is 13.2 Å². The number of rotatable bonds is 5. The lowest BCUT2D eigenvalue weighted by Gasteiger charge is -2.52. The third-order valence-electron chi connectivity index (χ3n) is 5.40. The molecule has 25 heavy (non-hydrogen) atoms. The van der Waals surface area contributed by atoms with E-state index in [1.165, 1.54) is 0 Å². The lowest BCUT2D eigenvalue weighted by Crippen LogP contribution is -2.74. The Labute approximate surface area is 149 Å². The smallest absolute Gasteiger partial charge is 0.248 e. The van der Waals surface area contributed by atoms with Gasteiger partial charge in [-0.3, -0.25) is 9.59 Å². The maximum Gasteiger partial charge on any atom is 0.248 e. The number of carbonyl (C=O) groups excluding carboxylic acids is 2. The molecule has 0 bridgehead atoms. The van der Waals surface area contributed by atoms with E-state index in [-0.39, 0.29) is 11.8 Å². The van der Waals surface area contributed by atoms with Crippen LogP contribution in [0.5, 0.6) is 0 Å². The first-order chi connectivity index (χ1) is 12.0. The molecule has 3 rings (SSSR count). The lowest BCUT2D eigenvalue weighted by atomic mass is 9.76. The molecule has 1 aromatic rings. The van der Waals surface area contributed by atoms with E-state index in [2.05, 4.69) is 5.32 Å². The molecule has 0 aromatic heterocycles. The molecule has 5 heteroatoms. The predicted octanol–water partition coefficient (Wildman–Crippen LogP) is 2.64. The molecule has 1 saturated carbocycles. The summed E-state index contributed by atoms with van der Waals surface area (Å²) in [6.07, 6.45) is 4.61. The predicted molar refractivity (Wildman–Crippen MR) is 95.8 cm³/mol. The van der Waals surface area contributed by atoms with Crippen molar-refractivity contribution in [3.63, 3.8) is 0 Å². The minimum absolute atomic E-state index is 0.000130. The van der Waals surface area contributed by atoms with Crippen LogP contribution >= 0.6 is 0 Å². The number of hydrogen-bond donors (Lipinski definition) is 1. The van der Waals surface area contributed by atoms with Crippen LogP contribution in [0.15, 0.2) is 30.3 Å². The van der Waals surface area contributed by atoms with Crippen LogP contribution < -0.4 is 5.32 Å². The van der Waals surface area contributed by atoms with Gasteiger partial charge in [-0.05, 0) is 32.3 Å². The molecule has 0 atom stereocenters. The van der Waals surface area contributed by atoms with Gasteiger partial charge in [0.2, 0.25) is 11.8 Å². The molecule has 136 valence electrons. The first kappa shape index (κ1) is 17.9. The van der Waals surface area contributed by atoms with Crippen molar-refractivity contribution in [1.82, 2.24) is 10.2 Å². The molecule has 5 nitrogen and oxygen atoms in total. The molecule has 1 N–H and O–H groups in total. The molecule has 2 aliphatic rings. The van der Waals surface area contributed by atoms with Crippen molar-refractivity contribution >= 4 is 11.8 Å². The number of ether oxygens (including phenoxy) is 1. The standard InChI is InChI=1S/C20H28N2O3/c1-19(2)18(24)22(13-14-25-15-16-9-5-3-6-10-16)20(17(23)21-19)11-7-4-8-12-20/h3,5-6,9-10H,4,7-8,11-15H2,1-2H3,(H,21,23). The Balaban J connectivity index is 1.68. The fourth-order valence-corrected chi connectivity index (χ4v) is 3.98. The third-order valence-corrected chi connectivity index (χ3v) is 5.40. The average Bonchev–Trinajstić information content (AvgIpc) is 2.61. The summed E-state index contributed by atoms with van der Waals surface area (Å²) in [4.78, 5) is 27.6. The van der Waals surface area contributed by atoms with Crippen LogP contribution in [0.4, 0.5) is 0 Å². The van der Waals surface area contributed by atoms with E-state index >= 15 is 0 Å². The summed E-state index contributed by atoms with van der Waals surface area (Å²) in [5, 5.41) is 2.94. The zero-order chi connectivity index (χ0) is 17.9. The van der Waals surface area contributed by atoms with Gasteiger partial charge < -0.3 is 15.0 Å². The lowest BCUT2D eigenvalue weighted by molar-refractivity contribution is -0.165. The molecule has 1 heterocycles. The van der Waals surface area contributed by atoms with E-state index in [1.807, 2.05) is 30.3 Å². The Kier molecular flexibility index (Phi) is 5.13. The summed E-state index contributed by atoms with van der Waals surface area (Å²) in [5.41, 5.74) is -0.418. The first-order valence-electron chi connectivity index (χ1n) is 9.22. The first-order valence-corrected chi connectivity index (χ1v) is 9.22. The fraction of sp³-hybridized carbons (Fsp3) is 0.600. The molecule has 0 unspecified atom stereocenters. The molecule has 1 aliphatic carbocycles. The highest BCUT2D eigenvalue weighted by atomic mass is 16.5. The van der Waals surface area contributed by atoms with Gasteiger partial charge in [0.15, 0.2) is 0 Å². The van der Waals surface area contributed by atoms with Gasteiger partial charge in [-0.1, -0.05) is 49.6 Å². The number of amides is 2. The van der Waals surface area contributed by atoms with Crippen LogP contribution in [-0.2, 0) is 20.9 Å². The van der Waals surface area contributed by atoms with Crippen molar-refractivity contribution in [3.05, 3.63) is 35.9 Å². The van der Waals surface area contributed by atoms with E-state index in [0.717, 1.165) is 37.7 Å². The second-order valence-electron chi connectivity index (χ2n) is 7.67.